The third-order valence-corrected chi connectivity index (χ3v) is 3.73. The van der Waals surface area contributed by atoms with E-state index in [1.807, 2.05) is 4.90 Å². The molecule has 22 heavy (non-hydrogen) atoms. The minimum atomic E-state index is 0.0676. The van der Waals surface area contributed by atoms with Gasteiger partial charge in [0.25, 0.3) is 5.91 Å². The molecule has 0 aliphatic rings. The summed E-state index contributed by atoms with van der Waals surface area (Å²) in [6.45, 7) is 13.3. The number of amides is 1. The number of aromatic nitrogens is 1. The molecule has 0 saturated heterocycles. The van der Waals surface area contributed by atoms with Crippen LogP contribution in [0.2, 0.25) is 0 Å². The number of carbonyl (C=O) groups is 1. The zero-order valence-electron chi connectivity index (χ0n) is 14.4. The largest absolute Gasteiger partial charge is 0.337 e. The normalized spacial score (nSPS) is 11.2. The van der Waals surface area contributed by atoms with Gasteiger partial charge >= 0.3 is 0 Å². The van der Waals surface area contributed by atoms with Crippen molar-refractivity contribution in [2.24, 2.45) is 11.7 Å². The van der Waals surface area contributed by atoms with Crippen LogP contribution in [0, 0.1) is 5.92 Å². The highest BCUT2D eigenvalue weighted by Gasteiger charge is 2.18. The fourth-order valence-electron chi connectivity index (χ4n) is 2.42. The first kappa shape index (κ1) is 18.6. The summed E-state index contributed by atoms with van der Waals surface area (Å²) in [7, 11) is 0. The third kappa shape index (κ3) is 5.73. The SMILES string of the molecule is CCN(CC)CCN(CC(C)C)C(=O)c1ccnc(CN)c1. The van der Waals surface area contributed by atoms with Gasteiger partial charge in [0, 0.05) is 37.9 Å². The van der Waals surface area contributed by atoms with Crippen LogP contribution in [0.25, 0.3) is 0 Å². The maximum atomic E-state index is 12.8. The number of hydrogen-bond donors (Lipinski definition) is 1. The molecular formula is C17H30N4O. The lowest BCUT2D eigenvalue weighted by Crippen LogP contribution is -2.40. The van der Waals surface area contributed by atoms with Crippen LogP contribution in [0.1, 0.15) is 43.7 Å². The molecule has 1 aromatic heterocycles. The van der Waals surface area contributed by atoms with Gasteiger partial charge in [-0.1, -0.05) is 27.7 Å². The maximum absolute atomic E-state index is 12.8. The smallest absolute Gasteiger partial charge is 0.254 e. The summed E-state index contributed by atoms with van der Waals surface area (Å²) in [4.78, 5) is 21.2. The van der Waals surface area contributed by atoms with E-state index in [1.165, 1.54) is 0 Å². The van der Waals surface area contributed by atoms with E-state index in [0.29, 0.717) is 18.0 Å². The van der Waals surface area contributed by atoms with Crippen molar-refractivity contribution in [3.63, 3.8) is 0 Å². The lowest BCUT2D eigenvalue weighted by Gasteiger charge is -2.28. The van der Waals surface area contributed by atoms with Crippen LogP contribution in [-0.2, 0) is 6.54 Å². The van der Waals surface area contributed by atoms with E-state index in [4.69, 9.17) is 5.73 Å². The summed E-state index contributed by atoms with van der Waals surface area (Å²) in [6, 6.07) is 3.57. The zero-order valence-corrected chi connectivity index (χ0v) is 14.4. The molecular weight excluding hydrogens is 276 g/mol. The van der Waals surface area contributed by atoms with Crippen molar-refractivity contribution in [2.45, 2.75) is 34.2 Å². The van der Waals surface area contributed by atoms with Crippen molar-refractivity contribution in [1.29, 1.82) is 0 Å². The Labute approximate surface area is 134 Å². The number of rotatable bonds is 9. The lowest BCUT2D eigenvalue weighted by atomic mass is 10.1. The Morgan fingerprint density at radius 1 is 1.27 bits per heavy atom. The quantitative estimate of drug-likeness (QED) is 0.758. The molecule has 0 unspecified atom stereocenters. The highest BCUT2D eigenvalue weighted by molar-refractivity contribution is 5.94. The van der Waals surface area contributed by atoms with Gasteiger partial charge in [-0.25, -0.2) is 0 Å². The number of nitrogens with zero attached hydrogens (tertiary/aromatic N) is 3. The predicted molar refractivity (Wildman–Crippen MR) is 90.7 cm³/mol. The predicted octanol–water partition coefficient (Wildman–Crippen LogP) is 1.98. The Balaban J connectivity index is 2.82. The van der Waals surface area contributed by atoms with Crippen LogP contribution in [-0.4, -0.2) is 53.4 Å². The van der Waals surface area contributed by atoms with Gasteiger partial charge in [0.15, 0.2) is 0 Å². The molecule has 0 atom stereocenters. The van der Waals surface area contributed by atoms with Gasteiger partial charge in [0.1, 0.15) is 0 Å². The number of carbonyl (C=O) groups excluding carboxylic acids is 1. The molecule has 1 aromatic rings. The summed E-state index contributed by atoms with van der Waals surface area (Å²) >= 11 is 0. The summed E-state index contributed by atoms with van der Waals surface area (Å²) in [5.41, 5.74) is 7.04. The van der Waals surface area contributed by atoms with Crippen molar-refractivity contribution in [1.82, 2.24) is 14.8 Å². The summed E-state index contributed by atoms with van der Waals surface area (Å²) in [5, 5.41) is 0. The highest BCUT2D eigenvalue weighted by atomic mass is 16.2. The highest BCUT2D eigenvalue weighted by Crippen LogP contribution is 2.09. The molecule has 124 valence electrons. The molecule has 5 nitrogen and oxygen atoms in total. The average molecular weight is 306 g/mol. The van der Waals surface area contributed by atoms with Gasteiger partial charge < -0.3 is 15.5 Å². The Bertz CT molecular complexity index is 458. The van der Waals surface area contributed by atoms with Crippen LogP contribution in [0.3, 0.4) is 0 Å². The summed E-state index contributed by atoms with van der Waals surface area (Å²) < 4.78 is 0. The van der Waals surface area contributed by atoms with Crippen molar-refractivity contribution in [3.8, 4) is 0 Å². The molecule has 0 bridgehead atoms. The van der Waals surface area contributed by atoms with Crippen molar-refractivity contribution < 1.29 is 4.79 Å². The van der Waals surface area contributed by atoms with E-state index in [0.717, 1.165) is 38.4 Å². The second-order valence-corrected chi connectivity index (χ2v) is 5.91. The van der Waals surface area contributed by atoms with E-state index in [9.17, 15) is 4.79 Å². The second kappa shape index (κ2) is 9.54. The summed E-state index contributed by atoms with van der Waals surface area (Å²) in [6.07, 6.45) is 1.66. The van der Waals surface area contributed by atoms with Gasteiger partial charge in [-0.3, -0.25) is 9.78 Å². The Hall–Kier alpha value is -1.46. The molecule has 5 heteroatoms. The van der Waals surface area contributed by atoms with Crippen LogP contribution in [0.5, 0.6) is 0 Å². The molecule has 0 radical (unpaired) electrons. The first-order valence-corrected chi connectivity index (χ1v) is 8.18. The maximum Gasteiger partial charge on any atom is 0.254 e. The fourth-order valence-corrected chi connectivity index (χ4v) is 2.42. The standard InChI is InChI=1S/C17H30N4O/c1-5-20(6-2)9-10-21(13-14(3)4)17(22)15-7-8-19-16(11-15)12-18/h7-8,11,14H,5-6,9-10,12-13,18H2,1-4H3. The Morgan fingerprint density at radius 2 is 1.95 bits per heavy atom. The summed E-state index contributed by atoms with van der Waals surface area (Å²) in [5.74, 6) is 0.509. The van der Waals surface area contributed by atoms with Crippen LogP contribution < -0.4 is 5.73 Å². The molecule has 1 heterocycles. The topological polar surface area (TPSA) is 62.5 Å². The van der Waals surface area contributed by atoms with Crippen molar-refractivity contribution >= 4 is 5.91 Å². The van der Waals surface area contributed by atoms with Crippen molar-refractivity contribution in [3.05, 3.63) is 29.6 Å². The van der Waals surface area contributed by atoms with Gasteiger partial charge in [-0.2, -0.15) is 0 Å². The molecule has 0 aromatic carbocycles. The van der Waals surface area contributed by atoms with E-state index >= 15 is 0 Å². The molecule has 1 amide bonds. The van der Waals surface area contributed by atoms with Crippen LogP contribution >= 0.6 is 0 Å². The van der Waals surface area contributed by atoms with Gasteiger partial charge in [-0.15, -0.1) is 0 Å². The molecule has 0 spiro atoms. The lowest BCUT2D eigenvalue weighted by molar-refractivity contribution is 0.0716. The van der Waals surface area contributed by atoms with E-state index in [-0.39, 0.29) is 5.91 Å². The Kier molecular flexibility index (Phi) is 8.06. The van der Waals surface area contributed by atoms with Gasteiger partial charge in [-0.05, 0) is 31.1 Å². The number of hydrogen-bond acceptors (Lipinski definition) is 4. The zero-order chi connectivity index (χ0) is 16.5. The molecule has 0 saturated carbocycles. The minimum Gasteiger partial charge on any atom is -0.337 e. The fraction of sp³-hybridized carbons (Fsp3) is 0.647. The first-order chi connectivity index (χ1) is 10.5. The van der Waals surface area contributed by atoms with Crippen LogP contribution in [0.15, 0.2) is 18.3 Å². The first-order valence-electron chi connectivity index (χ1n) is 8.18. The molecule has 0 aliphatic heterocycles. The second-order valence-electron chi connectivity index (χ2n) is 5.91. The average Bonchev–Trinajstić information content (AvgIpc) is 2.53. The van der Waals surface area contributed by atoms with E-state index < -0.39 is 0 Å². The van der Waals surface area contributed by atoms with Crippen LogP contribution in [0.4, 0.5) is 0 Å². The van der Waals surface area contributed by atoms with Gasteiger partial charge in [0.2, 0.25) is 0 Å². The molecule has 0 fully saturated rings. The number of nitrogens with two attached hydrogens (primary N) is 1. The minimum absolute atomic E-state index is 0.0676. The number of likely N-dealkylation sites (N-methyl/N-ethyl adjacent to an activating group) is 1. The monoisotopic (exact) mass is 306 g/mol. The van der Waals surface area contributed by atoms with Crippen molar-refractivity contribution in [2.75, 3.05) is 32.7 Å². The molecule has 0 aliphatic carbocycles. The Morgan fingerprint density at radius 3 is 2.50 bits per heavy atom. The van der Waals surface area contributed by atoms with Gasteiger partial charge in [0.05, 0.1) is 5.69 Å². The molecule has 2 N–H and O–H groups in total. The third-order valence-electron chi connectivity index (χ3n) is 3.73. The number of pyridine rings is 1. The van der Waals surface area contributed by atoms with E-state index in [2.05, 4.69) is 37.6 Å². The molecule has 1 rings (SSSR count). The van der Waals surface area contributed by atoms with E-state index in [1.54, 1.807) is 18.3 Å².